The number of benzene rings is 2. The number of fused-ring (bicyclic) bond motifs is 1. The highest BCUT2D eigenvalue weighted by Gasteiger charge is 2.17. The van der Waals surface area contributed by atoms with E-state index in [9.17, 15) is 15.0 Å². The van der Waals surface area contributed by atoms with E-state index in [4.69, 9.17) is 4.74 Å². The molecule has 4 rings (SSSR count). The number of aromatic nitrogens is 3. The zero-order valence-corrected chi connectivity index (χ0v) is 13.8. The maximum atomic E-state index is 12.0. The van der Waals surface area contributed by atoms with E-state index in [1.165, 1.54) is 12.1 Å². The van der Waals surface area contributed by atoms with Gasteiger partial charge < -0.3 is 14.9 Å². The Bertz CT molecular complexity index is 1160. The SMILES string of the molecule is COc1ccc(-c2cc3c(=O)[nH][nH]c3nc2-c2ccc(O)cc2O)cc1. The molecule has 0 fully saturated rings. The summed E-state index contributed by atoms with van der Waals surface area (Å²) in [6.07, 6.45) is 0. The van der Waals surface area contributed by atoms with Crippen LogP contribution in [-0.4, -0.2) is 32.5 Å². The van der Waals surface area contributed by atoms with Crippen LogP contribution in [0.1, 0.15) is 0 Å². The van der Waals surface area contributed by atoms with E-state index in [0.717, 1.165) is 5.56 Å². The highest BCUT2D eigenvalue weighted by molar-refractivity contribution is 5.91. The Balaban J connectivity index is 2.02. The first-order valence-corrected chi connectivity index (χ1v) is 7.85. The van der Waals surface area contributed by atoms with E-state index in [0.29, 0.717) is 33.6 Å². The van der Waals surface area contributed by atoms with Gasteiger partial charge in [0.05, 0.1) is 18.2 Å². The third-order valence-electron chi connectivity index (χ3n) is 4.20. The summed E-state index contributed by atoms with van der Waals surface area (Å²) in [6, 6.07) is 13.3. The lowest BCUT2D eigenvalue weighted by atomic mass is 9.97. The van der Waals surface area contributed by atoms with Crippen molar-refractivity contribution in [2.24, 2.45) is 0 Å². The van der Waals surface area contributed by atoms with Gasteiger partial charge in [0.1, 0.15) is 17.2 Å². The Morgan fingerprint density at radius 2 is 1.73 bits per heavy atom. The van der Waals surface area contributed by atoms with Crippen molar-refractivity contribution in [1.82, 2.24) is 15.2 Å². The van der Waals surface area contributed by atoms with Gasteiger partial charge in [-0.1, -0.05) is 12.1 Å². The lowest BCUT2D eigenvalue weighted by Gasteiger charge is -2.12. The van der Waals surface area contributed by atoms with E-state index in [1.807, 2.05) is 12.1 Å². The highest BCUT2D eigenvalue weighted by atomic mass is 16.5. The van der Waals surface area contributed by atoms with Gasteiger partial charge in [0.2, 0.25) is 0 Å². The number of hydrogen-bond donors (Lipinski definition) is 4. The maximum absolute atomic E-state index is 12.0. The first-order chi connectivity index (χ1) is 12.6. The fraction of sp³-hybridized carbons (Fsp3) is 0.0526. The van der Waals surface area contributed by atoms with Crippen molar-refractivity contribution >= 4 is 11.0 Å². The van der Waals surface area contributed by atoms with Crippen molar-refractivity contribution in [3.05, 3.63) is 58.9 Å². The number of nitrogens with one attached hydrogen (secondary N) is 2. The molecule has 7 nitrogen and oxygen atoms in total. The Morgan fingerprint density at radius 3 is 2.42 bits per heavy atom. The van der Waals surface area contributed by atoms with Gasteiger partial charge in [0.15, 0.2) is 5.65 Å². The molecule has 2 aromatic heterocycles. The number of rotatable bonds is 3. The van der Waals surface area contributed by atoms with Crippen LogP contribution in [0.15, 0.2) is 53.3 Å². The number of H-pyrrole nitrogens is 2. The van der Waals surface area contributed by atoms with Crippen LogP contribution in [0.3, 0.4) is 0 Å². The second kappa shape index (κ2) is 5.96. The second-order valence-corrected chi connectivity index (χ2v) is 5.79. The van der Waals surface area contributed by atoms with Crippen LogP contribution in [0.25, 0.3) is 33.4 Å². The lowest BCUT2D eigenvalue weighted by Crippen LogP contribution is -1.99. The molecule has 0 aliphatic carbocycles. The average molecular weight is 349 g/mol. The number of nitrogens with zero attached hydrogens (tertiary/aromatic N) is 1. The highest BCUT2D eigenvalue weighted by Crippen LogP contribution is 2.38. The Kier molecular flexibility index (Phi) is 3.62. The van der Waals surface area contributed by atoms with Gasteiger partial charge in [0, 0.05) is 17.2 Å². The Labute approximate surface area is 147 Å². The standard InChI is InChI=1S/C19H15N3O4/c1-26-12-5-2-10(3-6-12)14-9-15-18(21-22-19(15)25)20-17(14)13-7-4-11(23)8-16(13)24/h2-9,23-24H,1H3,(H2,20,21,22,25). The van der Waals surface area contributed by atoms with Crippen LogP contribution in [0, 0.1) is 0 Å². The first-order valence-electron chi connectivity index (χ1n) is 7.85. The van der Waals surface area contributed by atoms with Crippen LogP contribution < -0.4 is 10.3 Å². The minimum Gasteiger partial charge on any atom is -0.508 e. The molecule has 0 saturated heterocycles. The monoisotopic (exact) mass is 349 g/mol. The molecule has 26 heavy (non-hydrogen) atoms. The van der Waals surface area contributed by atoms with Crippen molar-refractivity contribution in [2.45, 2.75) is 0 Å². The topological polar surface area (TPSA) is 111 Å². The second-order valence-electron chi connectivity index (χ2n) is 5.79. The van der Waals surface area contributed by atoms with E-state index in [1.54, 1.807) is 31.4 Å². The minimum absolute atomic E-state index is 0.0478. The molecule has 130 valence electrons. The van der Waals surface area contributed by atoms with Crippen molar-refractivity contribution < 1.29 is 14.9 Å². The minimum atomic E-state index is -0.274. The normalized spacial score (nSPS) is 11.0. The summed E-state index contributed by atoms with van der Waals surface area (Å²) in [4.78, 5) is 16.5. The van der Waals surface area contributed by atoms with Crippen LogP contribution in [0.4, 0.5) is 0 Å². The summed E-state index contributed by atoms with van der Waals surface area (Å²) in [5, 5.41) is 25.5. The van der Waals surface area contributed by atoms with Crippen molar-refractivity contribution in [3.63, 3.8) is 0 Å². The lowest BCUT2D eigenvalue weighted by molar-refractivity contribution is 0.415. The number of aromatic hydroxyl groups is 2. The molecular weight excluding hydrogens is 334 g/mol. The summed E-state index contributed by atoms with van der Waals surface area (Å²) in [7, 11) is 1.59. The molecule has 0 unspecified atom stereocenters. The number of pyridine rings is 1. The van der Waals surface area contributed by atoms with E-state index in [-0.39, 0.29) is 17.1 Å². The van der Waals surface area contributed by atoms with Crippen molar-refractivity contribution in [1.29, 1.82) is 0 Å². The van der Waals surface area contributed by atoms with Gasteiger partial charge in [-0.2, -0.15) is 0 Å². The molecule has 0 aliphatic rings. The van der Waals surface area contributed by atoms with Gasteiger partial charge in [-0.3, -0.25) is 15.0 Å². The predicted molar refractivity (Wildman–Crippen MR) is 97.5 cm³/mol. The smallest absolute Gasteiger partial charge is 0.273 e. The van der Waals surface area contributed by atoms with E-state index < -0.39 is 0 Å². The number of phenols is 2. The molecule has 0 bridgehead atoms. The number of ether oxygens (including phenoxy) is 1. The van der Waals surface area contributed by atoms with E-state index in [2.05, 4.69) is 15.2 Å². The Hall–Kier alpha value is -3.74. The fourth-order valence-electron chi connectivity index (χ4n) is 2.88. The predicted octanol–water partition coefficient (Wildman–Crippen LogP) is 3.00. The maximum Gasteiger partial charge on any atom is 0.273 e. The third-order valence-corrected chi connectivity index (χ3v) is 4.20. The first kappa shape index (κ1) is 15.8. The molecule has 0 aliphatic heterocycles. The molecule has 4 aromatic rings. The number of methoxy groups -OCH3 is 1. The zero-order chi connectivity index (χ0) is 18.3. The van der Waals surface area contributed by atoms with Crippen LogP contribution in [-0.2, 0) is 0 Å². The summed E-state index contributed by atoms with van der Waals surface area (Å²) in [6.45, 7) is 0. The van der Waals surface area contributed by atoms with Gasteiger partial charge in [0.25, 0.3) is 5.56 Å². The van der Waals surface area contributed by atoms with Gasteiger partial charge in [-0.25, -0.2) is 4.98 Å². The fourth-order valence-corrected chi connectivity index (χ4v) is 2.88. The van der Waals surface area contributed by atoms with Gasteiger partial charge in [-0.05, 0) is 35.9 Å². The van der Waals surface area contributed by atoms with Gasteiger partial charge in [-0.15, -0.1) is 0 Å². The number of hydrogen-bond acceptors (Lipinski definition) is 5. The van der Waals surface area contributed by atoms with E-state index >= 15 is 0 Å². The number of phenolic OH excluding ortho intramolecular Hbond substituents is 2. The molecule has 0 spiro atoms. The zero-order valence-electron chi connectivity index (χ0n) is 13.8. The van der Waals surface area contributed by atoms with Crippen LogP contribution in [0.2, 0.25) is 0 Å². The van der Waals surface area contributed by atoms with Crippen molar-refractivity contribution in [3.8, 4) is 39.6 Å². The molecular formula is C19H15N3O4. The Morgan fingerprint density at radius 1 is 0.962 bits per heavy atom. The quantitative estimate of drug-likeness (QED) is 0.454. The summed E-state index contributed by atoms with van der Waals surface area (Å²) in [5.41, 5.74) is 2.51. The largest absolute Gasteiger partial charge is 0.508 e. The van der Waals surface area contributed by atoms with Gasteiger partial charge >= 0.3 is 0 Å². The molecule has 0 saturated carbocycles. The molecule has 2 heterocycles. The summed E-state index contributed by atoms with van der Waals surface area (Å²) < 4.78 is 5.19. The third kappa shape index (κ3) is 2.55. The molecule has 4 N–H and O–H groups in total. The molecule has 0 amide bonds. The molecule has 7 heteroatoms. The average Bonchev–Trinajstić information content (AvgIpc) is 3.01. The van der Waals surface area contributed by atoms with Crippen LogP contribution in [0.5, 0.6) is 17.2 Å². The van der Waals surface area contributed by atoms with Crippen LogP contribution >= 0.6 is 0 Å². The summed E-state index contributed by atoms with van der Waals surface area (Å²) in [5.74, 6) is 0.550. The van der Waals surface area contributed by atoms with Crippen molar-refractivity contribution in [2.75, 3.05) is 7.11 Å². The molecule has 2 aromatic carbocycles. The number of aromatic amines is 2. The molecule has 0 radical (unpaired) electrons. The summed E-state index contributed by atoms with van der Waals surface area (Å²) >= 11 is 0. The molecule has 0 atom stereocenters.